The molecule has 7 heteroatoms. The molecule has 0 atom stereocenters. The van der Waals surface area contributed by atoms with E-state index in [-0.39, 0.29) is 22.5 Å². The quantitative estimate of drug-likeness (QED) is 0.663. The van der Waals surface area contributed by atoms with Gasteiger partial charge in [-0.3, -0.25) is 14.9 Å². The first-order valence-electron chi connectivity index (χ1n) is 6.45. The molecule has 1 amide bonds. The monoisotopic (exact) mass is 297 g/mol. The molecule has 6 nitrogen and oxygen atoms in total. The van der Waals surface area contributed by atoms with E-state index in [9.17, 15) is 14.9 Å². The maximum atomic E-state index is 12.1. The second-order valence-electron chi connectivity index (χ2n) is 4.89. The van der Waals surface area contributed by atoms with E-state index in [0.717, 1.165) is 25.9 Å². The van der Waals surface area contributed by atoms with Crippen LogP contribution in [0.2, 0.25) is 5.02 Å². The number of hydrogen-bond acceptors (Lipinski definition) is 4. The number of piperidine rings is 1. The van der Waals surface area contributed by atoms with Gasteiger partial charge in [-0.2, -0.15) is 0 Å². The van der Waals surface area contributed by atoms with Crippen LogP contribution in [0.3, 0.4) is 0 Å². The van der Waals surface area contributed by atoms with E-state index >= 15 is 0 Å². The van der Waals surface area contributed by atoms with Crippen LogP contribution in [0, 0.1) is 23.0 Å². The van der Waals surface area contributed by atoms with E-state index in [1.54, 1.807) is 6.92 Å². The first kappa shape index (κ1) is 14.7. The molecule has 1 fully saturated rings. The topological polar surface area (TPSA) is 84.3 Å². The van der Waals surface area contributed by atoms with Gasteiger partial charge in [0.15, 0.2) is 0 Å². The minimum absolute atomic E-state index is 0.0235. The predicted octanol–water partition coefficient (Wildman–Crippen LogP) is 2.49. The minimum atomic E-state index is -0.534. The first-order chi connectivity index (χ1) is 9.49. The number of nitro groups is 1. The van der Waals surface area contributed by atoms with E-state index < -0.39 is 4.92 Å². The maximum Gasteiger partial charge on any atom is 0.288 e. The number of aryl methyl sites for hydroxylation is 1. The Morgan fingerprint density at radius 1 is 1.45 bits per heavy atom. The Hall–Kier alpha value is -1.66. The highest BCUT2D eigenvalue weighted by molar-refractivity contribution is 6.33. The van der Waals surface area contributed by atoms with E-state index in [2.05, 4.69) is 10.6 Å². The number of carbonyl (C=O) groups excluding carboxylic acids is 1. The van der Waals surface area contributed by atoms with Crippen LogP contribution in [0.15, 0.2) is 12.1 Å². The molecule has 1 aliphatic rings. The summed E-state index contributed by atoms with van der Waals surface area (Å²) < 4.78 is 0. The number of benzene rings is 1. The second-order valence-corrected chi connectivity index (χ2v) is 5.30. The summed E-state index contributed by atoms with van der Waals surface area (Å²) >= 11 is 5.86. The molecule has 0 spiro atoms. The first-order valence-corrected chi connectivity index (χ1v) is 6.83. The van der Waals surface area contributed by atoms with Gasteiger partial charge in [-0.15, -0.1) is 0 Å². The largest absolute Gasteiger partial charge is 0.326 e. The van der Waals surface area contributed by atoms with Crippen LogP contribution in [-0.2, 0) is 4.79 Å². The van der Waals surface area contributed by atoms with Crippen LogP contribution in [0.1, 0.15) is 18.4 Å². The van der Waals surface area contributed by atoms with Gasteiger partial charge in [0.05, 0.1) is 4.92 Å². The van der Waals surface area contributed by atoms with Crippen molar-refractivity contribution in [3.05, 3.63) is 32.8 Å². The average molecular weight is 298 g/mol. The fraction of sp³-hybridized carbons (Fsp3) is 0.462. The van der Waals surface area contributed by atoms with Gasteiger partial charge in [-0.25, -0.2) is 0 Å². The van der Waals surface area contributed by atoms with Crippen molar-refractivity contribution in [2.75, 3.05) is 18.4 Å². The zero-order chi connectivity index (χ0) is 14.7. The fourth-order valence-corrected chi connectivity index (χ4v) is 2.49. The summed E-state index contributed by atoms with van der Waals surface area (Å²) in [5.74, 6) is -0.0795. The van der Waals surface area contributed by atoms with Crippen molar-refractivity contribution in [3.8, 4) is 0 Å². The summed E-state index contributed by atoms with van der Waals surface area (Å²) in [6.07, 6.45) is 1.59. The molecular weight excluding hydrogens is 282 g/mol. The molecule has 0 unspecified atom stereocenters. The summed E-state index contributed by atoms with van der Waals surface area (Å²) in [5, 5.41) is 16.8. The number of nitrogens with one attached hydrogen (secondary N) is 2. The summed E-state index contributed by atoms with van der Waals surface area (Å²) in [7, 11) is 0. The minimum Gasteiger partial charge on any atom is -0.326 e. The van der Waals surface area contributed by atoms with Gasteiger partial charge in [0.25, 0.3) is 5.69 Å². The molecule has 1 aromatic rings. The van der Waals surface area contributed by atoms with Gasteiger partial charge < -0.3 is 10.6 Å². The Morgan fingerprint density at radius 3 is 2.70 bits per heavy atom. The lowest BCUT2D eigenvalue weighted by molar-refractivity contribution is -0.384. The van der Waals surface area contributed by atoms with Gasteiger partial charge in [0.1, 0.15) is 5.02 Å². The van der Waals surface area contributed by atoms with E-state index in [1.807, 2.05) is 0 Å². The third-order valence-electron chi connectivity index (χ3n) is 3.46. The summed E-state index contributed by atoms with van der Waals surface area (Å²) in [6.45, 7) is 3.37. The van der Waals surface area contributed by atoms with Crippen molar-refractivity contribution in [2.24, 2.45) is 5.92 Å². The molecule has 1 saturated heterocycles. The van der Waals surface area contributed by atoms with Crippen molar-refractivity contribution < 1.29 is 9.72 Å². The van der Waals surface area contributed by atoms with Crippen molar-refractivity contribution >= 4 is 28.9 Å². The summed E-state index contributed by atoms with van der Waals surface area (Å²) in [6, 6.07) is 2.81. The highest BCUT2D eigenvalue weighted by Crippen LogP contribution is 2.31. The molecule has 20 heavy (non-hydrogen) atoms. The third-order valence-corrected chi connectivity index (χ3v) is 3.76. The molecule has 0 saturated carbocycles. The lowest BCUT2D eigenvalue weighted by atomic mass is 9.97. The number of rotatable bonds is 3. The number of halogens is 1. The van der Waals surface area contributed by atoms with Gasteiger partial charge in [0.2, 0.25) is 5.91 Å². The molecule has 0 bridgehead atoms. The van der Waals surface area contributed by atoms with Crippen molar-refractivity contribution in [1.82, 2.24) is 5.32 Å². The molecule has 0 aromatic heterocycles. The lowest BCUT2D eigenvalue weighted by Crippen LogP contribution is -2.34. The maximum absolute atomic E-state index is 12.1. The van der Waals surface area contributed by atoms with Crippen molar-refractivity contribution in [2.45, 2.75) is 19.8 Å². The highest BCUT2D eigenvalue weighted by Gasteiger charge is 2.22. The second kappa shape index (κ2) is 6.19. The number of amides is 1. The zero-order valence-corrected chi connectivity index (χ0v) is 11.9. The predicted molar refractivity (Wildman–Crippen MR) is 77.1 cm³/mol. The number of nitro benzene ring substituents is 1. The third kappa shape index (κ3) is 3.26. The zero-order valence-electron chi connectivity index (χ0n) is 11.1. The molecule has 108 valence electrons. The van der Waals surface area contributed by atoms with Crippen LogP contribution in [0.25, 0.3) is 0 Å². The van der Waals surface area contributed by atoms with Gasteiger partial charge in [-0.1, -0.05) is 11.6 Å². The molecule has 2 rings (SSSR count). The van der Waals surface area contributed by atoms with E-state index in [1.165, 1.54) is 12.1 Å². The Kier molecular flexibility index (Phi) is 4.57. The standard InChI is InChI=1S/C13H16ClN3O3/c1-8-6-12(17(19)20)10(14)7-11(8)16-13(18)9-2-4-15-5-3-9/h6-7,9,15H,2-5H2,1H3,(H,16,18). The highest BCUT2D eigenvalue weighted by atomic mass is 35.5. The average Bonchev–Trinajstić information content (AvgIpc) is 2.43. The van der Waals surface area contributed by atoms with E-state index in [4.69, 9.17) is 11.6 Å². The van der Waals surface area contributed by atoms with Crippen LogP contribution >= 0.6 is 11.6 Å². The van der Waals surface area contributed by atoms with Gasteiger partial charge >= 0.3 is 0 Å². The Bertz CT molecular complexity index is 542. The smallest absolute Gasteiger partial charge is 0.288 e. The normalized spacial score (nSPS) is 15.9. The van der Waals surface area contributed by atoms with Crippen molar-refractivity contribution in [3.63, 3.8) is 0 Å². The van der Waals surface area contributed by atoms with Crippen LogP contribution in [-0.4, -0.2) is 23.9 Å². The molecule has 1 aliphatic heterocycles. The van der Waals surface area contributed by atoms with Crippen LogP contribution in [0.5, 0.6) is 0 Å². The van der Waals surface area contributed by atoms with Gasteiger partial charge in [0, 0.05) is 17.7 Å². The molecule has 0 aliphatic carbocycles. The number of carbonyl (C=O) groups is 1. The van der Waals surface area contributed by atoms with E-state index in [0.29, 0.717) is 11.3 Å². The fourth-order valence-electron chi connectivity index (χ4n) is 2.26. The Labute approximate surface area is 121 Å². The molecular formula is C13H16ClN3O3. The van der Waals surface area contributed by atoms with Crippen LogP contribution in [0.4, 0.5) is 11.4 Å². The SMILES string of the molecule is Cc1cc([N+](=O)[O-])c(Cl)cc1NC(=O)C1CCNCC1. The Morgan fingerprint density at radius 2 is 2.10 bits per heavy atom. The number of anilines is 1. The molecule has 2 N–H and O–H groups in total. The molecule has 1 heterocycles. The summed E-state index contributed by atoms with van der Waals surface area (Å²) in [4.78, 5) is 22.4. The Balaban J connectivity index is 2.15. The lowest BCUT2D eigenvalue weighted by Gasteiger charge is -2.22. The molecule has 0 radical (unpaired) electrons. The van der Waals surface area contributed by atoms with Crippen molar-refractivity contribution in [1.29, 1.82) is 0 Å². The van der Waals surface area contributed by atoms with Gasteiger partial charge in [-0.05, 0) is 44.5 Å². The number of nitrogens with zero attached hydrogens (tertiary/aromatic N) is 1. The van der Waals surface area contributed by atoms with Crippen LogP contribution < -0.4 is 10.6 Å². The number of hydrogen-bond donors (Lipinski definition) is 2. The summed E-state index contributed by atoms with van der Waals surface area (Å²) in [5.41, 5.74) is 1.01. The molecule has 1 aromatic carbocycles.